The van der Waals surface area contributed by atoms with Gasteiger partial charge in [-0.25, -0.2) is 4.39 Å². The molecule has 0 unspecified atom stereocenters. The van der Waals surface area contributed by atoms with Crippen molar-refractivity contribution < 1.29 is 4.39 Å². The van der Waals surface area contributed by atoms with Gasteiger partial charge in [0.05, 0.1) is 5.52 Å². The van der Waals surface area contributed by atoms with Crippen LogP contribution in [0.2, 0.25) is 0 Å². The summed E-state index contributed by atoms with van der Waals surface area (Å²) >= 11 is 0. The van der Waals surface area contributed by atoms with Crippen LogP contribution in [0.1, 0.15) is 25.3 Å². The van der Waals surface area contributed by atoms with Gasteiger partial charge in [-0.1, -0.05) is 19.9 Å². The topological polar surface area (TPSA) is 12.9 Å². The van der Waals surface area contributed by atoms with Crippen LogP contribution in [0.25, 0.3) is 10.9 Å². The van der Waals surface area contributed by atoms with Crippen LogP contribution in [-0.4, -0.2) is 4.98 Å². The minimum Gasteiger partial charge on any atom is -0.256 e. The molecule has 0 N–H and O–H groups in total. The molecular formula is C12H12FN. The van der Waals surface area contributed by atoms with Gasteiger partial charge in [0.2, 0.25) is 0 Å². The molecule has 1 aromatic heterocycles. The second-order valence-corrected chi connectivity index (χ2v) is 3.72. The van der Waals surface area contributed by atoms with Gasteiger partial charge in [0, 0.05) is 17.6 Å². The third kappa shape index (κ3) is 1.48. The number of hydrogen-bond acceptors (Lipinski definition) is 1. The summed E-state index contributed by atoms with van der Waals surface area (Å²) in [7, 11) is 0. The highest BCUT2D eigenvalue weighted by Gasteiger charge is 2.07. The highest BCUT2D eigenvalue weighted by molar-refractivity contribution is 5.79. The van der Waals surface area contributed by atoms with Gasteiger partial charge in [-0.3, -0.25) is 4.98 Å². The highest BCUT2D eigenvalue weighted by Crippen LogP contribution is 2.23. The molecule has 0 aliphatic rings. The number of benzene rings is 1. The summed E-state index contributed by atoms with van der Waals surface area (Å²) in [5.74, 6) is 0.0470. The molecule has 0 spiro atoms. The van der Waals surface area contributed by atoms with E-state index in [1.54, 1.807) is 6.20 Å². The molecule has 0 aliphatic heterocycles. The van der Waals surface area contributed by atoms with Gasteiger partial charge in [-0.05, 0) is 23.6 Å². The van der Waals surface area contributed by atoms with E-state index in [1.807, 2.05) is 32.0 Å². The minimum atomic E-state index is -0.161. The van der Waals surface area contributed by atoms with Crippen molar-refractivity contribution in [1.29, 1.82) is 0 Å². The van der Waals surface area contributed by atoms with E-state index in [2.05, 4.69) is 4.98 Å². The monoisotopic (exact) mass is 189 g/mol. The molecule has 0 aliphatic carbocycles. The van der Waals surface area contributed by atoms with Crippen molar-refractivity contribution >= 4 is 10.9 Å². The lowest BCUT2D eigenvalue weighted by molar-refractivity contribution is 0.600. The smallest absolute Gasteiger partial charge is 0.128 e. The Bertz CT molecular complexity index is 463. The highest BCUT2D eigenvalue weighted by atomic mass is 19.1. The second kappa shape index (κ2) is 3.37. The van der Waals surface area contributed by atoms with Gasteiger partial charge in [0.25, 0.3) is 0 Å². The first kappa shape index (κ1) is 9.13. The van der Waals surface area contributed by atoms with E-state index in [9.17, 15) is 4.39 Å². The first-order valence-corrected chi connectivity index (χ1v) is 4.72. The van der Waals surface area contributed by atoms with Crippen LogP contribution in [0.4, 0.5) is 4.39 Å². The molecule has 0 bridgehead atoms. The molecule has 2 rings (SSSR count). The maximum atomic E-state index is 13.5. The maximum Gasteiger partial charge on any atom is 0.128 e. The predicted molar refractivity (Wildman–Crippen MR) is 55.8 cm³/mol. The Balaban J connectivity index is 2.71. The number of halogens is 1. The van der Waals surface area contributed by atoms with Crippen LogP contribution >= 0.6 is 0 Å². The number of nitrogens with zero attached hydrogens (tertiary/aromatic N) is 1. The predicted octanol–water partition coefficient (Wildman–Crippen LogP) is 3.50. The van der Waals surface area contributed by atoms with Gasteiger partial charge >= 0.3 is 0 Å². The molecule has 1 heterocycles. The van der Waals surface area contributed by atoms with Gasteiger partial charge in [-0.2, -0.15) is 0 Å². The molecule has 0 atom stereocenters. The standard InChI is InChI=1S/C12H12FN/c1-8(2)10-6-9-4-3-5-14-12(9)7-11(10)13/h3-8H,1-2H3. The SMILES string of the molecule is CC(C)c1cc2cccnc2cc1F. The molecule has 1 nitrogen and oxygen atoms in total. The molecule has 72 valence electrons. The molecule has 2 aromatic rings. The summed E-state index contributed by atoms with van der Waals surface area (Å²) in [5, 5.41) is 0.998. The fourth-order valence-corrected chi connectivity index (χ4v) is 1.55. The summed E-state index contributed by atoms with van der Waals surface area (Å²) in [6.07, 6.45) is 1.68. The van der Waals surface area contributed by atoms with Crippen LogP contribution in [0.5, 0.6) is 0 Å². The Morgan fingerprint density at radius 2 is 2.07 bits per heavy atom. The summed E-state index contributed by atoms with van der Waals surface area (Å²) < 4.78 is 13.5. The lowest BCUT2D eigenvalue weighted by Gasteiger charge is -2.07. The van der Waals surface area contributed by atoms with E-state index in [-0.39, 0.29) is 11.7 Å². The van der Waals surface area contributed by atoms with Crippen LogP contribution in [0.15, 0.2) is 30.5 Å². The molecule has 2 heteroatoms. The Morgan fingerprint density at radius 3 is 2.79 bits per heavy atom. The van der Waals surface area contributed by atoms with Crippen LogP contribution in [0.3, 0.4) is 0 Å². The Hall–Kier alpha value is -1.44. The van der Waals surface area contributed by atoms with Gasteiger partial charge in [-0.15, -0.1) is 0 Å². The van der Waals surface area contributed by atoms with Crippen molar-refractivity contribution in [3.05, 3.63) is 41.8 Å². The molecule has 0 fully saturated rings. The Morgan fingerprint density at radius 1 is 1.29 bits per heavy atom. The zero-order chi connectivity index (χ0) is 10.1. The van der Waals surface area contributed by atoms with Crippen molar-refractivity contribution in [1.82, 2.24) is 4.98 Å². The summed E-state index contributed by atoms with van der Waals surface area (Å²) in [6, 6.07) is 7.20. The summed E-state index contributed by atoms with van der Waals surface area (Å²) in [4.78, 5) is 4.10. The molecule has 0 saturated heterocycles. The average Bonchev–Trinajstić information content (AvgIpc) is 2.16. The lowest BCUT2D eigenvalue weighted by atomic mass is 10.0. The number of pyridine rings is 1. The van der Waals surface area contributed by atoms with E-state index in [0.717, 1.165) is 16.5 Å². The number of hydrogen-bond donors (Lipinski definition) is 0. The Kier molecular flexibility index (Phi) is 2.20. The van der Waals surface area contributed by atoms with Gasteiger partial charge in [0.1, 0.15) is 5.82 Å². The van der Waals surface area contributed by atoms with E-state index in [0.29, 0.717) is 0 Å². The summed E-state index contributed by atoms with van der Waals surface area (Å²) in [5.41, 5.74) is 1.47. The zero-order valence-electron chi connectivity index (χ0n) is 8.29. The first-order chi connectivity index (χ1) is 6.68. The molecule has 0 radical (unpaired) electrons. The lowest BCUT2D eigenvalue weighted by Crippen LogP contribution is -1.93. The van der Waals surface area contributed by atoms with Crippen LogP contribution in [-0.2, 0) is 0 Å². The van der Waals surface area contributed by atoms with E-state index < -0.39 is 0 Å². The maximum absolute atomic E-state index is 13.5. The number of fused-ring (bicyclic) bond motifs is 1. The van der Waals surface area contributed by atoms with Gasteiger partial charge < -0.3 is 0 Å². The fourth-order valence-electron chi connectivity index (χ4n) is 1.55. The van der Waals surface area contributed by atoms with E-state index in [1.165, 1.54) is 6.07 Å². The first-order valence-electron chi connectivity index (χ1n) is 4.72. The fraction of sp³-hybridized carbons (Fsp3) is 0.250. The van der Waals surface area contributed by atoms with E-state index in [4.69, 9.17) is 0 Å². The van der Waals surface area contributed by atoms with Crippen molar-refractivity contribution in [2.24, 2.45) is 0 Å². The Labute approximate surface area is 82.6 Å². The number of aromatic nitrogens is 1. The molecular weight excluding hydrogens is 177 g/mol. The number of rotatable bonds is 1. The minimum absolute atomic E-state index is 0.161. The normalized spacial score (nSPS) is 11.1. The van der Waals surface area contributed by atoms with Crippen molar-refractivity contribution in [3.63, 3.8) is 0 Å². The van der Waals surface area contributed by atoms with Crippen molar-refractivity contribution in [2.75, 3.05) is 0 Å². The zero-order valence-corrected chi connectivity index (χ0v) is 8.29. The molecule has 1 aromatic carbocycles. The van der Waals surface area contributed by atoms with E-state index >= 15 is 0 Å². The molecule has 0 amide bonds. The third-order valence-corrected chi connectivity index (χ3v) is 2.34. The van der Waals surface area contributed by atoms with Crippen LogP contribution in [0, 0.1) is 5.82 Å². The van der Waals surface area contributed by atoms with Gasteiger partial charge in [0.15, 0.2) is 0 Å². The van der Waals surface area contributed by atoms with Crippen molar-refractivity contribution in [3.8, 4) is 0 Å². The quantitative estimate of drug-likeness (QED) is 0.669. The van der Waals surface area contributed by atoms with Crippen LogP contribution < -0.4 is 0 Å². The largest absolute Gasteiger partial charge is 0.256 e. The second-order valence-electron chi connectivity index (χ2n) is 3.72. The molecule has 0 saturated carbocycles. The van der Waals surface area contributed by atoms with Crippen molar-refractivity contribution in [2.45, 2.75) is 19.8 Å². The average molecular weight is 189 g/mol. The molecule has 14 heavy (non-hydrogen) atoms. The summed E-state index contributed by atoms with van der Waals surface area (Å²) in [6.45, 7) is 3.97. The third-order valence-electron chi connectivity index (χ3n) is 2.34.